The van der Waals surface area contributed by atoms with Gasteiger partial charge in [-0.05, 0) is 42.8 Å². The number of ether oxygens (including phenoxy) is 2. The van der Waals surface area contributed by atoms with Crippen LogP contribution in [0.1, 0.15) is 34.5 Å². The van der Waals surface area contributed by atoms with Crippen molar-refractivity contribution in [1.82, 2.24) is 9.88 Å². The molecule has 5 nitrogen and oxygen atoms in total. The van der Waals surface area contributed by atoms with E-state index >= 15 is 0 Å². The fraction of sp³-hybridized carbons (Fsp3) is 0.474. The molecular weight excluding hydrogens is 336 g/mol. The van der Waals surface area contributed by atoms with Crippen molar-refractivity contribution >= 4 is 17.2 Å². The third kappa shape index (κ3) is 3.41. The lowest BCUT2D eigenvalue weighted by Gasteiger charge is -2.39. The highest BCUT2D eigenvalue weighted by atomic mass is 32.1. The first-order chi connectivity index (χ1) is 12.2. The zero-order valence-corrected chi connectivity index (χ0v) is 15.1. The molecule has 0 saturated carbocycles. The quantitative estimate of drug-likeness (QED) is 0.845. The zero-order valence-electron chi connectivity index (χ0n) is 14.3. The van der Waals surface area contributed by atoms with Crippen molar-refractivity contribution < 1.29 is 14.3 Å². The molecule has 2 fully saturated rings. The van der Waals surface area contributed by atoms with E-state index in [9.17, 15) is 4.79 Å². The lowest BCUT2D eigenvalue weighted by molar-refractivity contribution is -0.0452. The standard InChI is InChI=1S/C19H22N2O3S/c1-14-6-10-25-17(14)18(22)21-9-4-7-19(13-21)11-15(12-23-19)24-16-5-2-3-8-20-16/h2-3,5-6,8,10,15H,4,7,9,11-13H2,1H3/t15-,19-/m0/s1. The van der Waals surface area contributed by atoms with Crippen LogP contribution in [0.15, 0.2) is 35.8 Å². The molecule has 2 atom stereocenters. The summed E-state index contributed by atoms with van der Waals surface area (Å²) in [6.45, 7) is 3.99. The molecule has 2 saturated heterocycles. The Morgan fingerprint density at radius 2 is 2.36 bits per heavy atom. The zero-order chi connectivity index (χ0) is 17.3. The first-order valence-electron chi connectivity index (χ1n) is 8.70. The number of nitrogens with zero attached hydrogens (tertiary/aromatic N) is 2. The summed E-state index contributed by atoms with van der Waals surface area (Å²) in [7, 11) is 0. The van der Waals surface area contributed by atoms with E-state index in [1.54, 1.807) is 6.20 Å². The summed E-state index contributed by atoms with van der Waals surface area (Å²) in [5.41, 5.74) is 0.775. The van der Waals surface area contributed by atoms with E-state index in [1.165, 1.54) is 11.3 Å². The van der Waals surface area contributed by atoms with E-state index in [2.05, 4.69) is 4.98 Å². The van der Waals surface area contributed by atoms with Gasteiger partial charge in [-0.15, -0.1) is 11.3 Å². The Hall–Kier alpha value is -1.92. The maximum atomic E-state index is 12.8. The van der Waals surface area contributed by atoms with Gasteiger partial charge in [0, 0.05) is 25.2 Å². The van der Waals surface area contributed by atoms with Crippen LogP contribution < -0.4 is 4.74 Å². The summed E-state index contributed by atoms with van der Waals surface area (Å²) < 4.78 is 12.1. The number of pyridine rings is 1. The van der Waals surface area contributed by atoms with Gasteiger partial charge in [0.15, 0.2) is 0 Å². The molecule has 6 heteroatoms. The number of rotatable bonds is 3. The van der Waals surface area contributed by atoms with Crippen LogP contribution >= 0.6 is 11.3 Å². The number of aromatic nitrogens is 1. The molecule has 0 N–H and O–H groups in total. The molecule has 0 bridgehead atoms. The van der Waals surface area contributed by atoms with E-state index in [4.69, 9.17) is 9.47 Å². The molecule has 1 spiro atoms. The van der Waals surface area contributed by atoms with Gasteiger partial charge in [-0.2, -0.15) is 0 Å². The largest absolute Gasteiger partial charge is 0.472 e. The molecule has 1 amide bonds. The number of aryl methyl sites for hydroxylation is 1. The van der Waals surface area contributed by atoms with Crippen LogP contribution in [0.4, 0.5) is 0 Å². The Morgan fingerprint density at radius 1 is 1.44 bits per heavy atom. The second-order valence-corrected chi connectivity index (χ2v) is 7.79. The predicted molar refractivity (Wildman–Crippen MR) is 96.1 cm³/mol. The first kappa shape index (κ1) is 16.5. The average Bonchev–Trinajstić information content (AvgIpc) is 3.22. The second-order valence-electron chi connectivity index (χ2n) is 6.87. The molecule has 0 aliphatic carbocycles. The number of piperidine rings is 1. The second kappa shape index (κ2) is 6.77. The van der Waals surface area contributed by atoms with Crippen molar-refractivity contribution in [3.8, 4) is 5.88 Å². The van der Waals surface area contributed by atoms with Crippen molar-refractivity contribution in [2.45, 2.75) is 37.9 Å². The van der Waals surface area contributed by atoms with Gasteiger partial charge in [-0.3, -0.25) is 4.79 Å². The number of carbonyl (C=O) groups is 1. The van der Waals surface area contributed by atoms with Crippen LogP contribution in [-0.4, -0.2) is 47.2 Å². The molecule has 2 aliphatic rings. The Bertz CT molecular complexity index is 748. The summed E-state index contributed by atoms with van der Waals surface area (Å²) in [4.78, 5) is 19.8. The molecule has 25 heavy (non-hydrogen) atoms. The normalized spacial score (nSPS) is 26.1. The minimum absolute atomic E-state index is 0.00609. The van der Waals surface area contributed by atoms with Crippen LogP contribution in [0, 0.1) is 6.92 Å². The van der Waals surface area contributed by atoms with Gasteiger partial charge in [0.2, 0.25) is 5.88 Å². The van der Waals surface area contributed by atoms with E-state index in [0.717, 1.165) is 36.2 Å². The molecule has 0 aromatic carbocycles. The van der Waals surface area contributed by atoms with Gasteiger partial charge >= 0.3 is 0 Å². The Morgan fingerprint density at radius 3 is 3.12 bits per heavy atom. The summed E-state index contributed by atoms with van der Waals surface area (Å²) in [6, 6.07) is 7.65. The third-order valence-corrected chi connectivity index (χ3v) is 5.99. The number of amides is 1. The fourth-order valence-electron chi connectivity index (χ4n) is 3.76. The number of likely N-dealkylation sites (tertiary alicyclic amines) is 1. The van der Waals surface area contributed by atoms with Crippen molar-refractivity contribution in [2.24, 2.45) is 0 Å². The highest BCUT2D eigenvalue weighted by Gasteiger charge is 2.45. The van der Waals surface area contributed by atoms with Crippen molar-refractivity contribution in [2.75, 3.05) is 19.7 Å². The van der Waals surface area contributed by atoms with Crippen LogP contribution in [0.25, 0.3) is 0 Å². The van der Waals surface area contributed by atoms with E-state index in [1.807, 2.05) is 41.5 Å². The van der Waals surface area contributed by atoms with Crippen molar-refractivity contribution in [3.05, 3.63) is 46.3 Å². The highest BCUT2D eigenvalue weighted by Crippen LogP contribution is 2.36. The molecule has 2 aliphatic heterocycles. The molecule has 2 aromatic heterocycles. The Kier molecular flexibility index (Phi) is 4.48. The number of hydrogen-bond acceptors (Lipinski definition) is 5. The molecular formula is C19H22N2O3S. The van der Waals surface area contributed by atoms with E-state index < -0.39 is 0 Å². The smallest absolute Gasteiger partial charge is 0.264 e. The first-order valence-corrected chi connectivity index (χ1v) is 9.58. The summed E-state index contributed by atoms with van der Waals surface area (Å²) in [5, 5.41) is 1.98. The molecule has 2 aromatic rings. The Balaban J connectivity index is 1.42. The van der Waals surface area contributed by atoms with Gasteiger partial charge in [0.1, 0.15) is 6.10 Å². The topological polar surface area (TPSA) is 51.7 Å². The minimum atomic E-state index is -0.279. The predicted octanol–water partition coefficient (Wildman–Crippen LogP) is 3.29. The minimum Gasteiger partial charge on any atom is -0.472 e. The molecule has 0 unspecified atom stereocenters. The van der Waals surface area contributed by atoms with Gasteiger partial charge in [0.25, 0.3) is 5.91 Å². The van der Waals surface area contributed by atoms with Crippen molar-refractivity contribution in [3.63, 3.8) is 0 Å². The van der Waals surface area contributed by atoms with E-state index in [-0.39, 0.29) is 17.6 Å². The van der Waals surface area contributed by atoms with Gasteiger partial charge < -0.3 is 14.4 Å². The van der Waals surface area contributed by atoms with Crippen LogP contribution in [-0.2, 0) is 4.74 Å². The maximum absolute atomic E-state index is 12.8. The van der Waals surface area contributed by atoms with Crippen LogP contribution in [0.3, 0.4) is 0 Å². The molecule has 4 heterocycles. The monoisotopic (exact) mass is 358 g/mol. The van der Waals surface area contributed by atoms with Gasteiger partial charge in [0.05, 0.1) is 23.6 Å². The van der Waals surface area contributed by atoms with Crippen LogP contribution in [0.5, 0.6) is 5.88 Å². The number of thiophene rings is 1. The molecule has 132 valence electrons. The lowest BCUT2D eigenvalue weighted by Crippen LogP contribution is -2.50. The lowest BCUT2D eigenvalue weighted by atomic mass is 9.89. The Labute approximate surface area is 151 Å². The average molecular weight is 358 g/mol. The number of carbonyl (C=O) groups excluding carboxylic acids is 1. The highest BCUT2D eigenvalue weighted by molar-refractivity contribution is 7.12. The fourth-order valence-corrected chi connectivity index (χ4v) is 4.65. The van der Waals surface area contributed by atoms with Crippen molar-refractivity contribution in [1.29, 1.82) is 0 Å². The molecule has 0 radical (unpaired) electrons. The summed E-state index contributed by atoms with van der Waals surface area (Å²) in [5.74, 6) is 0.760. The van der Waals surface area contributed by atoms with E-state index in [0.29, 0.717) is 19.0 Å². The van der Waals surface area contributed by atoms with Gasteiger partial charge in [-0.25, -0.2) is 4.98 Å². The van der Waals surface area contributed by atoms with Gasteiger partial charge in [-0.1, -0.05) is 6.07 Å². The van der Waals surface area contributed by atoms with Crippen LogP contribution in [0.2, 0.25) is 0 Å². The maximum Gasteiger partial charge on any atom is 0.264 e. The summed E-state index contributed by atoms with van der Waals surface area (Å²) in [6.07, 6.45) is 4.46. The third-order valence-electron chi connectivity index (χ3n) is 4.98. The molecule has 4 rings (SSSR count). The summed E-state index contributed by atoms with van der Waals surface area (Å²) >= 11 is 1.52. The number of hydrogen-bond donors (Lipinski definition) is 0. The SMILES string of the molecule is Cc1ccsc1C(=O)N1CCC[C@]2(C[C@H](Oc3ccccn3)CO2)C1.